The van der Waals surface area contributed by atoms with Gasteiger partial charge in [-0.1, -0.05) is 12.1 Å². The number of hydrogen-bond donors (Lipinski definition) is 2. The van der Waals surface area contributed by atoms with Crippen LogP contribution in [0, 0.1) is 0 Å². The van der Waals surface area contributed by atoms with Gasteiger partial charge in [0.2, 0.25) is 5.95 Å². The number of anilines is 1. The van der Waals surface area contributed by atoms with Crippen molar-refractivity contribution in [1.29, 1.82) is 0 Å². The van der Waals surface area contributed by atoms with Crippen molar-refractivity contribution in [2.45, 2.75) is 5.92 Å². The number of nitrogens with one attached hydrogen (secondary N) is 1. The largest absolute Gasteiger partial charge is 0.497 e. The van der Waals surface area contributed by atoms with E-state index in [-0.39, 0.29) is 0 Å². The first-order valence-corrected chi connectivity index (χ1v) is 8.54. The van der Waals surface area contributed by atoms with Crippen LogP contribution in [-0.2, 0) is 0 Å². The number of rotatable bonds is 3. The third kappa shape index (κ3) is 2.21. The van der Waals surface area contributed by atoms with Crippen LogP contribution < -0.4 is 15.8 Å². The third-order valence-corrected chi connectivity index (χ3v) is 4.93. The Morgan fingerprint density at radius 3 is 2.62 bits per heavy atom. The lowest BCUT2D eigenvalue weighted by atomic mass is 9.91. The summed E-state index contributed by atoms with van der Waals surface area (Å²) in [6.45, 7) is 1.93. The van der Waals surface area contributed by atoms with Gasteiger partial charge in [-0.3, -0.25) is 0 Å². The van der Waals surface area contributed by atoms with Gasteiger partial charge >= 0.3 is 0 Å². The second-order valence-corrected chi connectivity index (χ2v) is 6.47. The smallest absolute Gasteiger partial charge is 0.223 e. The van der Waals surface area contributed by atoms with Crippen molar-refractivity contribution >= 4 is 22.5 Å². The van der Waals surface area contributed by atoms with Gasteiger partial charge in [0.05, 0.1) is 12.6 Å². The Bertz CT molecular complexity index is 1110. The van der Waals surface area contributed by atoms with E-state index in [4.69, 9.17) is 15.5 Å². The molecule has 4 aromatic rings. The number of hydrogen-bond acceptors (Lipinski definition) is 6. The summed E-state index contributed by atoms with van der Waals surface area (Å²) in [6, 6.07) is 13.8. The number of nitrogens with two attached hydrogens (primary N) is 1. The number of aromatic nitrogens is 4. The highest BCUT2D eigenvalue weighted by molar-refractivity contribution is 5.96. The normalized spacial score (nSPS) is 14.7. The summed E-state index contributed by atoms with van der Waals surface area (Å²) < 4.78 is 6.86. The van der Waals surface area contributed by atoms with Crippen LogP contribution in [0.2, 0.25) is 0 Å². The van der Waals surface area contributed by atoms with Crippen LogP contribution in [0.1, 0.15) is 11.5 Å². The maximum atomic E-state index is 6.15. The minimum Gasteiger partial charge on any atom is -0.497 e. The number of methoxy groups -OCH3 is 1. The van der Waals surface area contributed by atoms with E-state index in [0.717, 1.165) is 41.0 Å². The molecule has 0 bridgehead atoms. The van der Waals surface area contributed by atoms with Crippen molar-refractivity contribution < 1.29 is 4.74 Å². The predicted octanol–water partition coefficient (Wildman–Crippen LogP) is 2.22. The molecule has 0 amide bonds. The van der Waals surface area contributed by atoms with Gasteiger partial charge in [-0.2, -0.15) is 4.52 Å². The van der Waals surface area contributed by atoms with Gasteiger partial charge in [0.25, 0.3) is 0 Å². The van der Waals surface area contributed by atoms with Crippen LogP contribution in [0.4, 0.5) is 5.95 Å². The van der Waals surface area contributed by atoms with Crippen molar-refractivity contribution in [3.63, 3.8) is 0 Å². The highest BCUT2D eigenvalue weighted by atomic mass is 16.5. The molecule has 1 fully saturated rings. The summed E-state index contributed by atoms with van der Waals surface area (Å²) in [5.74, 6) is 2.22. The van der Waals surface area contributed by atoms with Gasteiger partial charge in [-0.15, -0.1) is 5.10 Å². The Balaban J connectivity index is 1.75. The standard InChI is InChI=1S/C19H18N6O/c1-26-13-7-5-11(6-8-13)17-23-18-16-14(12-9-21-10-12)3-2-4-15(16)22-19(20)25(18)24-17/h2-8,12,21H,9-10H2,1H3,(H2,20,22). The molecule has 0 spiro atoms. The van der Waals surface area contributed by atoms with Crippen LogP contribution in [0.3, 0.4) is 0 Å². The maximum Gasteiger partial charge on any atom is 0.223 e. The lowest BCUT2D eigenvalue weighted by molar-refractivity contribution is 0.415. The van der Waals surface area contributed by atoms with Crippen molar-refractivity contribution in [3.05, 3.63) is 48.0 Å². The molecule has 0 atom stereocenters. The first-order valence-electron chi connectivity index (χ1n) is 8.54. The number of nitrogen functional groups attached to an aromatic ring is 1. The molecule has 2 aromatic heterocycles. The number of ether oxygens (including phenoxy) is 1. The van der Waals surface area contributed by atoms with Crippen LogP contribution in [0.15, 0.2) is 42.5 Å². The minimum absolute atomic E-state index is 0.337. The van der Waals surface area contributed by atoms with E-state index in [1.807, 2.05) is 36.4 Å². The predicted molar refractivity (Wildman–Crippen MR) is 100 cm³/mol. The molecule has 1 aliphatic rings. The monoisotopic (exact) mass is 346 g/mol. The molecule has 130 valence electrons. The molecule has 2 aromatic carbocycles. The summed E-state index contributed by atoms with van der Waals surface area (Å²) >= 11 is 0. The lowest BCUT2D eigenvalue weighted by Crippen LogP contribution is -2.40. The number of benzene rings is 2. The molecule has 7 heteroatoms. The zero-order valence-corrected chi connectivity index (χ0v) is 14.3. The van der Waals surface area contributed by atoms with Gasteiger partial charge in [0.1, 0.15) is 5.75 Å². The van der Waals surface area contributed by atoms with E-state index >= 15 is 0 Å². The Morgan fingerprint density at radius 2 is 1.92 bits per heavy atom. The highest BCUT2D eigenvalue weighted by Crippen LogP contribution is 2.31. The molecule has 1 saturated heterocycles. The van der Waals surface area contributed by atoms with Gasteiger partial charge in [0, 0.05) is 30.0 Å². The van der Waals surface area contributed by atoms with Gasteiger partial charge < -0.3 is 15.8 Å². The summed E-state index contributed by atoms with van der Waals surface area (Å²) in [7, 11) is 1.65. The Labute approximate surface area is 149 Å². The number of fused-ring (bicyclic) bond motifs is 3. The summed E-state index contributed by atoms with van der Waals surface area (Å²) in [4.78, 5) is 9.34. The molecular weight excluding hydrogens is 328 g/mol. The van der Waals surface area contributed by atoms with Crippen LogP contribution in [0.5, 0.6) is 5.75 Å². The molecule has 1 aliphatic heterocycles. The topological polar surface area (TPSA) is 90.4 Å². The SMILES string of the molecule is COc1ccc(-c2nc3c4c(C5CNC5)cccc4nc(N)n3n2)cc1. The molecule has 3 heterocycles. The molecule has 0 saturated carbocycles. The van der Waals surface area contributed by atoms with Crippen LogP contribution >= 0.6 is 0 Å². The second-order valence-electron chi connectivity index (χ2n) is 6.47. The van der Waals surface area contributed by atoms with E-state index in [2.05, 4.69) is 21.5 Å². The molecule has 0 radical (unpaired) electrons. The average Bonchev–Trinajstić information content (AvgIpc) is 3.06. The summed E-state index contributed by atoms with van der Waals surface area (Å²) in [6.07, 6.45) is 0. The lowest BCUT2D eigenvalue weighted by Gasteiger charge is -2.28. The van der Waals surface area contributed by atoms with E-state index in [1.54, 1.807) is 11.6 Å². The van der Waals surface area contributed by atoms with Gasteiger partial charge in [0.15, 0.2) is 11.5 Å². The maximum absolute atomic E-state index is 6.15. The van der Waals surface area contributed by atoms with E-state index < -0.39 is 0 Å². The summed E-state index contributed by atoms with van der Waals surface area (Å²) in [5, 5.41) is 8.95. The van der Waals surface area contributed by atoms with Crippen molar-refractivity contribution in [3.8, 4) is 17.1 Å². The highest BCUT2D eigenvalue weighted by Gasteiger charge is 2.24. The van der Waals surface area contributed by atoms with Gasteiger partial charge in [-0.25, -0.2) is 9.97 Å². The summed E-state index contributed by atoms with van der Waals surface area (Å²) in [5.41, 5.74) is 9.90. The molecule has 5 rings (SSSR count). The third-order valence-electron chi connectivity index (χ3n) is 4.93. The molecule has 3 N–H and O–H groups in total. The Kier molecular flexibility index (Phi) is 3.29. The quantitative estimate of drug-likeness (QED) is 0.591. The molecule has 0 aliphatic carbocycles. The van der Waals surface area contributed by atoms with Gasteiger partial charge in [-0.05, 0) is 35.9 Å². The molecule has 26 heavy (non-hydrogen) atoms. The second kappa shape index (κ2) is 5.67. The fourth-order valence-corrected chi connectivity index (χ4v) is 3.41. The fraction of sp³-hybridized carbons (Fsp3) is 0.211. The minimum atomic E-state index is 0.337. The molecule has 7 nitrogen and oxygen atoms in total. The van der Waals surface area contributed by atoms with E-state index in [1.165, 1.54) is 5.56 Å². The molecular formula is C19H18N6O. The van der Waals surface area contributed by atoms with Crippen molar-refractivity contribution in [2.75, 3.05) is 25.9 Å². The molecule has 0 unspecified atom stereocenters. The van der Waals surface area contributed by atoms with Crippen LogP contribution in [-0.4, -0.2) is 39.8 Å². The fourth-order valence-electron chi connectivity index (χ4n) is 3.41. The van der Waals surface area contributed by atoms with E-state index in [0.29, 0.717) is 17.7 Å². The Morgan fingerprint density at radius 1 is 1.12 bits per heavy atom. The van der Waals surface area contributed by atoms with Crippen molar-refractivity contribution in [1.82, 2.24) is 24.9 Å². The van der Waals surface area contributed by atoms with Crippen LogP contribution in [0.25, 0.3) is 27.9 Å². The zero-order valence-electron chi connectivity index (χ0n) is 14.3. The Hall–Kier alpha value is -3.19. The first-order chi connectivity index (χ1) is 12.7. The number of nitrogens with zero attached hydrogens (tertiary/aromatic N) is 4. The first kappa shape index (κ1) is 15.1. The zero-order chi connectivity index (χ0) is 17.7. The average molecular weight is 346 g/mol. The van der Waals surface area contributed by atoms with E-state index in [9.17, 15) is 0 Å². The van der Waals surface area contributed by atoms with Crippen molar-refractivity contribution in [2.24, 2.45) is 0 Å².